The molecule has 118 valence electrons. The number of carbonyl (C=O) groups excluding carboxylic acids is 1. The molecule has 0 aromatic heterocycles. The minimum absolute atomic E-state index is 0.0819. The number of rotatable bonds is 12. The van der Waals surface area contributed by atoms with Crippen molar-refractivity contribution in [1.29, 1.82) is 0 Å². The first kappa shape index (κ1) is 19.1. The predicted octanol–water partition coefficient (Wildman–Crippen LogP) is -0.0482. The van der Waals surface area contributed by atoms with Gasteiger partial charge >= 0.3 is 0 Å². The van der Waals surface area contributed by atoms with Crippen LogP contribution in [0.1, 0.15) is 39.5 Å². The second-order valence-electron chi connectivity index (χ2n) is 4.96. The van der Waals surface area contributed by atoms with E-state index in [2.05, 4.69) is 6.92 Å². The summed E-state index contributed by atoms with van der Waals surface area (Å²) in [6.45, 7) is 2.73. The highest BCUT2D eigenvalue weighted by Gasteiger charge is 2.33. The highest BCUT2D eigenvalue weighted by Crippen LogP contribution is 2.11. The monoisotopic (exact) mass is 289 g/mol. The van der Waals surface area contributed by atoms with Crippen molar-refractivity contribution in [3.63, 3.8) is 0 Å². The van der Waals surface area contributed by atoms with Crippen molar-refractivity contribution in [3.05, 3.63) is 12.2 Å². The Bertz CT molecular complexity index is 289. The lowest BCUT2D eigenvalue weighted by Crippen LogP contribution is -2.62. The summed E-state index contributed by atoms with van der Waals surface area (Å²) in [6.07, 6.45) is 8.39. The van der Waals surface area contributed by atoms with E-state index in [1.165, 1.54) is 19.8 Å². The third kappa shape index (κ3) is 6.47. The summed E-state index contributed by atoms with van der Waals surface area (Å²) >= 11 is 0. The highest BCUT2D eigenvalue weighted by atomic mass is 16.5. The zero-order chi connectivity index (χ0) is 15.4. The fourth-order valence-electron chi connectivity index (χ4n) is 1.71. The third-order valence-corrected chi connectivity index (χ3v) is 3.43. The number of aliphatic hydroxyl groups excluding tert-OH is 2. The average molecular weight is 289 g/mol. The van der Waals surface area contributed by atoms with Crippen LogP contribution in [-0.4, -0.2) is 53.5 Å². The molecule has 6 nitrogen and oxygen atoms in total. The van der Waals surface area contributed by atoms with E-state index in [4.69, 9.17) is 4.74 Å². The number of aliphatic hydroxyl groups is 2. The molecule has 0 aliphatic rings. The molecule has 0 saturated heterocycles. The second-order valence-corrected chi connectivity index (χ2v) is 4.96. The molecule has 0 radical (unpaired) electrons. The standard InChI is InChI=1S/C14H27NO5/c1-3-4-5-6-7-8-9-20-12-15(10-16,11-17)13(2)14(18)19/h7-8,13,16-17H,3-6,9-12H2,1-2H3/b8-7+. The predicted molar refractivity (Wildman–Crippen MR) is 73.0 cm³/mol. The van der Waals surface area contributed by atoms with E-state index in [1.54, 1.807) is 0 Å². The molecular formula is C14H27NO5. The Hall–Kier alpha value is -0.950. The van der Waals surface area contributed by atoms with Gasteiger partial charge in [0.15, 0.2) is 20.2 Å². The molecule has 0 bridgehead atoms. The topological polar surface area (TPSA) is 89.8 Å². The number of nitrogens with zero attached hydrogens (tertiary/aromatic N) is 1. The maximum atomic E-state index is 10.9. The lowest BCUT2D eigenvalue weighted by atomic mass is 10.2. The van der Waals surface area contributed by atoms with Crippen LogP contribution < -0.4 is 5.11 Å². The molecule has 20 heavy (non-hydrogen) atoms. The summed E-state index contributed by atoms with van der Waals surface area (Å²) in [5, 5.41) is 29.5. The number of carboxylic acids is 1. The van der Waals surface area contributed by atoms with Crippen LogP contribution in [0, 0.1) is 0 Å². The van der Waals surface area contributed by atoms with Crippen molar-refractivity contribution in [1.82, 2.24) is 0 Å². The van der Waals surface area contributed by atoms with Crippen molar-refractivity contribution >= 4 is 5.97 Å². The third-order valence-electron chi connectivity index (χ3n) is 3.43. The van der Waals surface area contributed by atoms with Gasteiger partial charge in [-0.2, -0.15) is 0 Å². The number of aliphatic carboxylic acids is 1. The van der Waals surface area contributed by atoms with E-state index in [-0.39, 0.29) is 6.73 Å². The first-order chi connectivity index (χ1) is 9.54. The van der Waals surface area contributed by atoms with E-state index in [1.807, 2.05) is 12.2 Å². The van der Waals surface area contributed by atoms with Crippen LogP contribution in [0.3, 0.4) is 0 Å². The van der Waals surface area contributed by atoms with E-state index in [9.17, 15) is 20.1 Å². The summed E-state index contributed by atoms with van der Waals surface area (Å²) < 4.78 is 4.85. The number of allylic oxidation sites excluding steroid dienone is 1. The molecule has 0 fully saturated rings. The minimum atomic E-state index is -1.33. The summed E-state index contributed by atoms with van der Waals surface area (Å²) in [4.78, 5) is 10.9. The van der Waals surface area contributed by atoms with E-state index < -0.39 is 30.0 Å². The maximum absolute atomic E-state index is 10.9. The molecule has 2 N–H and O–H groups in total. The Labute approximate surface area is 120 Å². The number of carbonyl (C=O) groups is 1. The summed E-state index contributed by atoms with van der Waals surface area (Å²) in [6, 6.07) is -1.04. The lowest BCUT2D eigenvalue weighted by Gasteiger charge is -2.39. The minimum Gasteiger partial charge on any atom is -0.544 e. The second kappa shape index (κ2) is 10.8. The van der Waals surface area contributed by atoms with Gasteiger partial charge in [0.25, 0.3) is 0 Å². The zero-order valence-electron chi connectivity index (χ0n) is 12.5. The van der Waals surface area contributed by atoms with E-state index in [0.717, 1.165) is 12.8 Å². The van der Waals surface area contributed by atoms with Gasteiger partial charge in [0, 0.05) is 0 Å². The fourth-order valence-corrected chi connectivity index (χ4v) is 1.71. The summed E-state index contributed by atoms with van der Waals surface area (Å²) in [5.41, 5.74) is 0. The van der Waals surface area contributed by atoms with Crippen molar-refractivity contribution in [3.8, 4) is 0 Å². The number of hydrogen-bond acceptors (Lipinski definition) is 5. The first-order valence-electron chi connectivity index (χ1n) is 7.05. The average Bonchev–Trinajstić information content (AvgIpc) is 2.45. The molecule has 6 heteroatoms. The molecule has 0 saturated carbocycles. The smallest absolute Gasteiger partial charge is 0.187 e. The van der Waals surface area contributed by atoms with Gasteiger partial charge in [0.1, 0.15) is 6.04 Å². The van der Waals surface area contributed by atoms with Crippen LogP contribution in [0.5, 0.6) is 0 Å². The van der Waals surface area contributed by atoms with Gasteiger partial charge in [0.2, 0.25) is 0 Å². The van der Waals surface area contributed by atoms with Crippen LogP contribution >= 0.6 is 0 Å². The van der Waals surface area contributed by atoms with Crippen LogP contribution in [-0.2, 0) is 9.53 Å². The number of unbranched alkanes of at least 4 members (excludes halogenated alkanes) is 3. The zero-order valence-corrected chi connectivity index (χ0v) is 12.5. The Morgan fingerprint density at radius 3 is 2.45 bits per heavy atom. The van der Waals surface area contributed by atoms with Crippen molar-refractivity contribution in [2.24, 2.45) is 0 Å². The molecule has 0 aromatic carbocycles. The van der Waals surface area contributed by atoms with Gasteiger partial charge in [0.05, 0.1) is 12.6 Å². The summed E-state index contributed by atoms with van der Waals surface area (Å²) in [7, 11) is 0. The summed E-state index contributed by atoms with van der Waals surface area (Å²) in [5.74, 6) is -1.33. The van der Waals surface area contributed by atoms with Gasteiger partial charge in [-0.25, -0.2) is 4.48 Å². The molecule has 0 aromatic rings. The van der Waals surface area contributed by atoms with Gasteiger partial charge in [-0.3, -0.25) is 0 Å². The van der Waals surface area contributed by atoms with Crippen LogP contribution in [0.15, 0.2) is 12.2 Å². The van der Waals surface area contributed by atoms with Gasteiger partial charge in [-0.1, -0.05) is 31.9 Å². The van der Waals surface area contributed by atoms with Gasteiger partial charge < -0.3 is 24.9 Å². The Balaban J connectivity index is 4.13. The van der Waals surface area contributed by atoms with Crippen molar-refractivity contribution < 1.29 is 29.3 Å². The largest absolute Gasteiger partial charge is 0.544 e. The number of quaternary nitrogens is 1. The maximum Gasteiger partial charge on any atom is 0.187 e. The number of hydrogen-bond donors (Lipinski definition) is 2. The quantitative estimate of drug-likeness (QED) is 0.228. The Kier molecular flexibility index (Phi) is 10.3. The SMILES string of the molecule is CCCCC/C=C/COC[N+](CO)(CO)C(C)C(=O)[O-]. The first-order valence-corrected chi connectivity index (χ1v) is 7.05. The highest BCUT2D eigenvalue weighted by molar-refractivity contribution is 5.69. The number of carboxylic acid groups (broad SMARTS) is 1. The van der Waals surface area contributed by atoms with E-state index >= 15 is 0 Å². The lowest BCUT2D eigenvalue weighted by molar-refractivity contribution is -0.990. The molecule has 0 aliphatic carbocycles. The van der Waals surface area contributed by atoms with Crippen LogP contribution in [0.4, 0.5) is 0 Å². The Morgan fingerprint density at radius 2 is 1.95 bits per heavy atom. The molecule has 1 atom stereocenters. The van der Waals surface area contributed by atoms with E-state index in [0.29, 0.717) is 6.61 Å². The molecule has 0 heterocycles. The molecule has 1 unspecified atom stereocenters. The van der Waals surface area contributed by atoms with Gasteiger partial charge in [-0.15, -0.1) is 0 Å². The molecule has 0 amide bonds. The van der Waals surface area contributed by atoms with Crippen LogP contribution in [0.25, 0.3) is 0 Å². The molecule has 0 spiro atoms. The van der Waals surface area contributed by atoms with Crippen molar-refractivity contribution in [2.45, 2.75) is 45.6 Å². The Morgan fingerprint density at radius 1 is 1.30 bits per heavy atom. The fraction of sp³-hybridized carbons (Fsp3) is 0.786. The van der Waals surface area contributed by atoms with Gasteiger partial charge in [-0.05, 0) is 19.8 Å². The molecule has 0 aliphatic heterocycles. The van der Waals surface area contributed by atoms with Crippen molar-refractivity contribution in [2.75, 3.05) is 26.8 Å². The number of ether oxygens (including phenoxy) is 1. The normalized spacial score (nSPS) is 13.8. The molecule has 0 rings (SSSR count). The van der Waals surface area contributed by atoms with Crippen LogP contribution in [0.2, 0.25) is 0 Å². The molecular weight excluding hydrogens is 262 g/mol.